The van der Waals surface area contributed by atoms with Crippen molar-refractivity contribution in [3.63, 3.8) is 0 Å². The van der Waals surface area contributed by atoms with Crippen LogP contribution in [0.4, 0.5) is 0 Å². The molecule has 0 saturated heterocycles. The molecule has 2 unspecified atom stereocenters. The first-order valence-corrected chi connectivity index (χ1v) is 7.98. The van der Waals surface area contributed by atoms with Gasteiger partial charge in [-0.25, -0.2) is 0 Å². The van der Waals surface area contributed by atoms with Gasteiger partial charge in [0.2, 0.25) is 5.12 Å². The molecule has 0 aromatic rings. The molecule has 2 atom stereocenters. The Kier molecular flexibility index (Phi) is 8.80. The van der Waals surface area contributed by atoms with E-state index in [1.807, 2.05) is 0 Å². The van der Waals surface area contributed by atoms with Crippen LogP contribution < -0.4 is 17.2 Å². The van der Waals surface area contributed by atoms with Gasteiger partial charge in [0.05, 0.1) is 6.04 Å². The van der Waals surface area contributed by atoms with Gasteiger partial charge in [0.1, 0.15) is 0 Å². The first-order valence-electron chi connectivity index (χ1n) is 4.61. The lowest BCUT2D eigenvalue weighted by molar-refractivity contribution is -0.193. The summed E-state index contributed by atoms with van der Waals surface area (Å²) in [4.78, 5) is 11.3. The largest absolute Gasteiger partial charge is 0.375 e. The Morgan fingerprint density at radius 2 is 2.00 bits per heavy atom. The van der Waals surface area contributed by atoms with Crippen LogP contribution >= 0.6 is 33.3 Å². The van der Waals surface area contributed by atoms with Crippen LogP contribution in [-0.4, -0.2) is 55.9 Å². The quantitative estimate of drug-likeness (QED) is 0.215. The molecule has 0 rings (SSSR count). The van der Waals surface area contributed by atoms with Crippen LogP contribution in [0.5, 0.6) is 0 Å². The van der Waals surface area contributed by atoms with E-state index in [-0.39, 0.29) is 10.9 Å². The smallest absolute Gasteiger partial charge is 0.258 e. The summed E-state index contributed by atoms with van der Waals surface area (Å²) in [5.74, 6) is -1.93. The average molecular weight is 303 g/mol. The Morgan fingerprint density at radius 1 is 1.41 bits per heavy atom. The van der Waals surface area contributed by atoms with Gasteiger partial charge in [-0.15, -0.1) is 0 Å². The zero-order valence-electron chi connectivity index (χ0n) is 8.98. The van der Waals surface area contributed by atoms with Crippen LogP contribution in [0.2, 0.25) is 0 Å². The second-order valence-electron chi connectivity index (χ2n) is 3.08. The summed E-state index contributed by atoms with van der Waals surface area (Å²) >= 11 is 1.05. The molecule has 9 N–H and O–H groups in total. The van der Waals surface area contributed by atoms with Gasteiger partial charge in [-0.3, -0.25) is 10.5 Å². The van der Waals surface area contributed by atoms with E-state index in [1.54, 1.807) is 0 Å². The molecule has 0 aromatic carbocycles. The van der Waals surface area contributed by atoms with Gasteiger partial charge >= 0.3 is 0 Å². The minimum atomic E-state index is -2.67. The summed E-state index contributed by atoms with van der Waals surface area (Å²) in [6, 6.07) is -0.694. The number of thioether (sulfide) groups is 1. The Morgan fingerprint density at radius 3 is 2.47 bits per heavy atom. The van der Waals surface area contributed by atoms with Gasteiger partial charge in [0.15, 0.2) is 5.44 Å². The van der Waals surface area contributed by atoms with Crippen LogP contribution in [0, 0.1) is 0 Å². The molecule has 0 aliphatic rings. The topological polar surface area (TPSA) is 156 Å². The SMILES string of the molecule is NCCSC(=O)C(N)CSSC(O)C(N)(O)O. The van der Waals surface area contributed by atoms with E-state index in [0.29, 0.717) is 12.3 Å². The van der Waals surface area contributed by atoms with Crippen molar-refractivity contribution in [3.05, 3.63) is 0 Å². The number of rotatable bonds is 8. The second kappa shape index (κ2) is 8.56. The molecule has 0 amide bonds. The fraction of sp³-hybridized carbons (Fsp3) is 0.857. The Bertz CT molecular complexity index is 239. The van der Waals surface area contributed by atoms with Crippen molar-refractivity contribution in [1.29, 1.82) is 0 Å². The summed E-state index contributed by atoms with van der Waals surface area (Å²) in [7, 11) is 1.77. The molecule has 0 heterocycles. The van der Waals surface area contributed by atoms with E-state index in [4.69, 9.17) is 32.5 Å². The monoisotopic (exact) mass is 303 g/mol. The number of hydrogen-bond donors (Lipinski definition) is 6. The fourth-order valence-electron chi connectivity index (χ4n) is 0.582. The van der Waals surface area contributed by atoms with E-state index in [2.05, 4.69) is 0 Å². The molecule has 0 aliphatic carbocycles. The maximum atomic E-state index is 11.3. The predicted octanol–water partition coefficient (Wildman–Crippen LogP) is -2.17. The fourth-order valence-corrected chi connectivity index (χ4v) is 3.44. The first-order chi connectivity index (χ1) is 7.79. The van der Waals surface area contributed by atoms with Crippen molar-refractivity contribution in [2.45, 2.75) is 17.4 Å². The van der Waals surface area contributed by atoms with Gasteiger partial charge in [0.25, 0.3) is 5.91 Å². The second-order valence-corrected chi connectivity index (χ2v) is 6.67. The third-order valence-corrected chi connectivity index (χ3v) is 4.99. The highest BCUT2D eigenvalue weighted by Crippen LogP contribution is 2.29. The average Bonchev–Trinajstić information content (AvgIpc) is 2.24. The third-order valence-electron chi connectivity index (χ3n) is 1.44. The molecular weight excluding hydrogens is 286 g/mol. The maximum absolute atomic E-state index is 11.3. The lowest BCUT2D eigenvalue weighted by Gasteiger charge is -2.21. The zero-order chi connectivity index (χ0) is 13.5. The van der Waals surface area contributed by atoms with Gasteiger partial charge in [-0.05, 0) is 0 Å². The Balaban J connectivity index is 3.78. The molecular formula is C7H17N3O4S3. The Labute approximate surface area is 111 Å². The van der Waals surface area contributed by atoms with Crippen LogP contribution in [0.15, 0.2) is 0 Å². The summed E-state index contributed by atoms with van der Waals surface area (Å²) < 4.78 is 0. The van der Waals surface area contributed by atoms with E-state index >= 15 is 0 Å². The highest BCUT2D eigenvalue weighted by atomic mass is 33.1. The van der Waals surface area contributed by atoms with Crippen molar-refractivity contribution in [2.75, 3.05) is 18.1 Å². The maximum Gasteiger partial charge on any atom is 0.258 e. The van der Waals surface area contributed by atoms with Crippen LogP contribution in [-0.2, 0) is 4.79 Å². The first kappa shape index (κ1) is 17.5. The minimum absolute atomic E-state index is 0.190. The molecule has 7 nitrogen and oxygen atoms in total. The normalized spacial score (nSPS) is 15.6. The van der Waals surface area contributed by atoms with Crippen molar-refractivity contribution in [2.24, 2.45) is 17.2 Å². The van der Waals surface area contributed by atoms with Crippen molar-refractivity contribution in [1.82, 2.24) is 0 Å². The van der Waals surface area contributed by atoms with Crippen LogP contribution in [0.1, 0.15) is 0 Å². The molecule has 102 valence electrons. The number of carbonyl (C=O) groups is 1. The van der Waals surface area contributed by atoms with Gasteiger partial charge in [-0.1, -0.05) is 33.3 Å². The highest BCUT2D eigenvalue weighted by Gasteiger charge is 2.29. The molecule has 0 spiro atoms. The molecule has 0 radical (unpaired) electrons. The van der Waals surface area contributed by atoms with Crippen LogP contribution in [0.3, 0.4) is 0 Å². The summed E-state index contributed by atoms with van der Waals surface area (Å²) in [6.45, 7) is 0.397. The van der Waals surface area contributed by atoms with E-state index < -0.39 is 17.4 Å². The molecule has 0 bridgehead atoms. The third kappa shape index (κ3) is 8.24. The molecule has 0 fully saturated rings. The van der Waals surface area contributed by atoms with Gasteiger partial charge < -0.3 is 26.8 Å². The van der Waals surface area contributed by atoms with Gasteiger partial charge in [-0.2, -0.15) is 0 Å². The van der Waals surface area contributed by atoms with E-state index in [9.17, 15) is 4.79 Å². The molecule has 0 saturated carbocycles. The lowest BCUT2D eigenvalue weighted by Crippen LogP contribution is -2.48. The number of aliphatic hydroxyl groups excluding tert-OH is 1. The molecule has 10 heteroatoms. The van der Waals surface area contributed by atoms with E-state index in [1.165, 1.54) is 0 Å². The predicted molar refractivity (Wildman–Crippen MR) is 71.9 cm³/mol. The summed E-state index contributed by atoms with van der Waals surface area (Å²) in [5, 5.41) is 26.6. The molecule has 0 aromatic heterocycles. The lowest BCUT2D eigenvalue weighted by atomic mass is 10.4. The van der Waals surface area contributed by atoms with Crippen molar-refractivity contribution in [3.8, 4) is 0 Å². The van der Waals surface area contributed by atoms with Gasteiger partial charge in [0, 0.05) is 18.1 Å². The number of hydrogen-bond acceptors (Lipinski definition) is 10. The molecule has 0 aliphatic heterocycles. The summed E-state index contributed by atoms with van der Waals surface area (Å²) in [6.07, 6.45) is 0. The number of aliphatic hydroxyl groups is 3. The van der Waals surface area contributed by atoms with Crippen molar-refractivity contribution < 1.29 is 20.1 Å². The zero-order valence-corrected chi connectivity index (χ0v) is 11.4. The minimum Gasteiger partial charge on any atom is -0.375 e. The van der Waals surface area contributed by atoms with Crippen LogP contribution in [0.25, 0.3) is 0 Å². The standard InChI is InChI=1S/C7H17N3O4S3/c8-1-2-15-5(11)4(9)3-16-17-6(12)7(10,13)14/h4,6,12-14H,1-3,8-10H2. The number of nitrogens with two attached hydrogens (primary N) is 3. The molecule has 17 heavy (non-hydrogen) atoms. The summed E-state index contributed by atoms with van der Waals surface area (Å²) in [5.41, 5.74) is 14.1. The van der Waals surface area contributed by atoms with E-state index in [0.717, 1.165) is 33.3 Å². The number of carbonyl (C=O) groups excluding carboxylic acids is 1. The van der Waals surface area contributed by atoms with Crippen molar-refractivity contribution >= 4 is 38.5 Å². The highest BCUT2D eigenvalue weighted by molar-refractivity contribution is 8.76. The Hall–Kier alpha value is 0.480.